The van der Waals surface area contributed by atoms with Gasteiger partial charge in [-0.25, -0.2) is 9.07 Å². The van der Waals surface area contributed by atoms with Crippen LogP contribution in [-0.2, 0) is 4.79 Å². The summed E-state index contributed by atoms with van der Waals surface area (Å²) in [6.45, 7) is 2.07. The number of amides is 1. The second-order valence-corrected chi connectivity index (χ2v) is 5.90. The molecule has 1 aliphatic heterocycles. The molecule has 2 N–H and O–H groups in total. The van der Waals surface area contributed by atoms with E-state index in [1.165, 1.54) is 10.7 Å². The highest BCUT2D eigenvalue weighted by Crippen LogP contribution is 2.20. The molecule has 1 aliphatic rings. The predicted molar refractivity (Wildman–Crippen MR) is 87.0 cm³/mol. The first kappa shape index (κ1) is 15.7. The molecule has 122 valence electrons. The zero-order valence-electron chi connectivity index (χ0n) is 13.0. The molecule has 2 heterocycles. The van der Waals surface area contributed by atoms with Crippen LogP contribution in [0, 0.1) is 11.7 Å². The van der Waals surface area contributed by atoms with E-state index >= 15 is 0 Å². The van der Waals surface area contributed by atoms with Crippen molar-refractivity contribution in [1.82, 2.24) is 15.1 Å². The van der Waals surface area contributed by atoms with Gasteiger partial charge < -0.3 is 10.6 Å². The summed E-state index contributed by atoms with van der Waals surface area (Å²) in [6.07, 6.45) is 6.89. The van der Waals surface area contributed by atoms with E-state index in [4.69, 9.17) is 0 Å². The number of nitrogens with zero attached hydrogens (tertiary/aromatic N) is 2. The van der Waals surface area contributed by atoms with Crippen LogP contribution in [0.4, 0.5) is 10.1 Å². The molecule has 0 radical (unpaired) electrons. The third-order valence-corrected chi connectivity index (χ3v) is 4.22. The van der Waals surface area contributed by atoms with Crippen LogP contribution in [0.15, 0.2) is 36.7 Å². The topological polar surface area (TPSA) is 59.0 Å². The van der Waals surface area contributed by atoms with Crippen molar-refractivity contribution in [3.63, 3.8) is 0 Å². The van der Waals surface area contributed by atoms with Crippen LogP contribution in [0.5, 0.6) is 0 Å². The lowest BCUT2D eigenvalue weighted by Gasteiger charge is -2.22. The minimum absolute atomic E-state index is 0.0604. The van der Waals surface area contributed by atoms with Crippen LogP contribution in [0.3, 0.4) is 0 Å². The smallest absolute Gasteiger partial charge is 0.224 e. The molecule has 0 atom stereocenters. The van der Waals surface area contributed by atoms with Gasteiger partial charge in [0.05, 0.1) is 0 Å². The van der Waals surface area contributed by atoms with Crippen molar-refractivity contribution in [3.8, 4) is 5.69 Å². The normalized spacial score (nSPS) is 15.5. The highest BCUT2D eigenvalue weighted by Gasteiger charge is 2.15. The number of hydrogen-bond acceptors (Lipinski definition) is 3. The molecular weight excluding hydrogens is 295 g/mol. The molecule has 0 saturated carbocycles. The standard InChI is InChI=1S/C17H21FN4O/c18-15-12-14(3-4-16(15)22-11-1-8-20-22)21-17(23)5-2-13-6-9-19-10-7-13/h1,3-4,8,11-13,19H,2,5-7,9-10H2,(H,21,23). The van der Waals surface area contributed by atoms with Crippen molar-refractivity contribution >= 4 is 11.6 Å². The summed E-state index contributed by atoms with van der Waals surface area (Å²) in [5, 5.41) is 10.1. The van der Waals surface area contributed by atoms with E-state index in [1.807, 2.05) is 0 Å². The number of nitrogens with one attached hydrogen (secondary N) is 2. The molecule has 1 aromatic carbocycles. The average Bonchev–Trinajstić information content (AvgIpc) is 3.08. The molecule has 0 spiro atoms. The van der Waals surface area contributed by atoms with Crippen LogP contribution >= 0.6 is 0 Å². The van der Waals surface area contributed by atoms with Gasteiger partial charge in [-0.3, -0.25) is 4.79 Å². The van der Waals surface area contributed by atoms with Gasteiger partial charge in [0.15, 0.2) is 5.82 Å². The summed E-state index contributed by atoms with van der Waals surface area (Å²) < 4.78 is 15.6. The third kappa shape index (κ3) is 4.16. The average molecular weight is 316 g/mol. The van der Waals surface area contributed by atoms with Gasteiger partial charge >= 0.3 is 0 Å². The maximum Gasteiger partial charge on any atom is 0.224 e. The molecule has 1 amide bonds. The SMILES string of the molecule is O=C(CCC1CCNCC1)Nc1ccc(-n2cccn2)c(F)c1. The van der Waals surface area contributed by atoms with Crippen LogP contribution in [0.2, 0.25) is 0 Å². The Bertz CT molecular complexity index is 651. The summed E-state index contributed by atoms with van der Waals surface area (Å²) >= 11 is 0. The lowest BCUT2D eigenvalue weighted by molar-refractivity contribution is -0.116. The van der Waals surface area contributed by atoms with Gasteiger partial charge in [-0.05, 0) is 62.5 Å². The van der Waals surface area contributed by atoms with Crippen molar-refractivity contribution < 1.29 is 9.18 Å². The second kappa shape index (κ2) is 7.37. The largest absolute Gasteiger partial charge is 0.326 e. The number of halogens is 1. The Hall–Kier alpha value is -2.21. The summed E-state index contributed by atoms with van der Waals surface area (Å²) in [7, 11) is 0. The van der Waals surface area contributed by atoms with Crippen LogP contribution < -0.4 is 10.6 Å². The van der Waals surface area contributed by atoms with E-state index in [0.717, 1.165) is 32.4 Å². The van der Waals surface area contributed by atoms with Gasteiger partial charge in [0.1, 0.15) is 5.69 Å². The number of carbonyl (C=O) groups excluding carboxylic acids is 1. The molecule has 6 heteroatoms. The Morgan fingerprint density at radius 1 is 1.39 bits per heavy atom. The van der Waals surface area contributed by atoms with E-state index in [0.29, 0.717) is 23.7 Å². The second-order valence-electron chi connectivity index (χ2n) is 5.90. The molecule has 1 fully saturated rings. The summed E-state index contributed by atoms with van der Waals surface area (Å²) in [6, 6.07) is 6.38. The Morgan fingerprint density at radius 3 is 2.91 bits per heavy atom. The molecule has 0 unspecified atom stereocenters. The van der Waals surface area contributed by atoms with Crippen molar-refractivity contribution in [2.24, 2.45) is 5.92 Å². The Labute approximate surface area is 134 Å². The van der Waals surface area contributed by atoms with Crippen molar-refractivity contribution in [3.05, 3.63) is 42.5 Å². The number of benzene rings is 1. The van der Waals surface area contributed by atoms with E-state index in [2.05, 4.69) is 15.7 Å². The van der Waals surface area contributed by atoms with Gasteiger partial charge in [-0.1, -0.05) is 0 Å². The third-order valence-electron chi connectivity index (χ3n) is 4.22. The van der Waals surface area contributed by atoms with E-state index in [9.17, 15) is 9.18 Å². The van der Waals surface area contributed by atoms with Gasteiger partial charge in [-0.15, -0.1) is 0 Å². The maximum atomic E-state index is 14.1. The van der Waals surface area contributed by atoms with E-state index in [-0.39, 0.29) is 5.91 Å². The Balaban J connectivity index is 1.55. The number of aromatic nitrogens is 2. The number of anilines is 1. The highest BCUT2D eigenvalue weighted by atomic mass is 19.1. The minimum Gasteiger partial charge on any atom is -0.326 e. The fraction of sp³-hybridized carbons (Fsp3) is 0.412. The van der Waals surface area contributed by atoms with Gasteiger partial charge in [-0.2, -0.15) is 5.10 Å². The zero-order valence-corrected chi connectivity index (χ0v) is 13.0. The predicted octanol–water partition coefficient (Wildman–Crippen LogP) is 2.73. The quantitative estimate of drug-likeness (QED) is 0.892. The lowest BCUT2D eigenvalue weighted by atomic mass is 9.93. The van der Waals surface area contributed by atoms with Gasteiger partial charge in [0, 0.05) is 24.5 Å². The molecule has 3 rings (SSSR count). The first-order valence-corrected chi connectivity index (χ1v) is 8.02. The minimum atomic E-state index is -0.412. The summed E-state index contributed by atoms with van der Waals surface area (Å²) in [5.41, 5.74) is 0.844. The first-order chi connectivity index (χ1) is 11.2. The molecule has 1 aromatic heterocycles. The highest BCUT2D eigenvalue weighted by molar-refractivity contribution is 5.90. The fourth-order valence-corrected chi connectivity index (χ4v) is 2.91. The molecule has 2 aromatic rings. The summed E-state index contributed by atoms with van der Waals surface area (Å²) in [5.74, 6) is 0.139. The monoisotopic (exact) mass is 316 g/mol. The number of carbonyl (C=O) groups is 1. The van der Waals surface area contributed by atoms with Crippen molar-refractivity contribution in [2.45, 2.75) is 25.7 Å². The lowest BCUT2D eigenvalue weighted by Crippen LogP contribution is -2.28. The molecule has 1 saturated heterocycles. The number of piperidine rings is 1. The molecular formula is C17H21FN4O. The van der Waals surface area contributed by atoms with E-state index < -0.39 is 5.82 Å². The van der Waals surface area contributed by atoms with Crippen LogP contribution in [0.25, 0.3) is 5.69 Å². The summed E-state index contributed by atoms with van der Waals surface area (Å²) in [4.78, 5) is 12.0. The van der Waals surface area contributed by atoms with Crippen LogP contribution in [0.1, 0.15) is 25.7 Å². The molecule has 0 bridgehead atoms. The molecule has 5 nitrogen and oxygen atoms in total. The Kier molecular flexibility index (Phi) is 5.02. The number of rotatable bonds is 5. The van der Waals surface area contributed by atoms with Crippen LogP contribution in [-0.4, -0.2) is 28.8 Å². The maximum absolute atomic E-state index is 14.1. The van der Waals surface area contributed by atoms with E-state index in [1.54, 1.807) is 30.6 Å². The van der Waals surface area contributed by atoms with Crippen molar-refractivity contribution in [2.75, 3.05) is 18.4 Å². The molecule has 0 aliphatic carbocycles. The fourth-order valence-electron chi connectivity index (χ4n) is 2.91. The molecule has 23 heavy (non-hydrogen) atoms. The van der Waals surface area contributed by atoms with Gasteiger partial charge in [0.25, 0.3) is 0 Å². The Morgan fingerprint density at radius 2 is 2.22 bits per heavy atom. The zero-order chi connectivity index (χ0) is 16.1. The first-order valence-electron chi connectivity index (χ1n) is 8.02. The van der Waals surface area contributed by atoms with Crippen molar-refractivity contribution in [1.29, 1.82) is 0 Å². The number of hydrogen-bond donors (Lipinski definition) is 2. The van der Waals surface area contributed by atoms with Gasteiger partial charge in [0.2, 0.25) is 5.91 Å².